The van der Waals surface area contributed by atoms with E-state index < -0.39 is 17.6 Å². The zero-order valence-corrected chi connectivity index (χ0v) is 14.4. The van der Waals surface area contributed by atoms with E-state index in [-0.39, 0.29) is 23.5 Å². The smallest absolute Gasteiger partial charge is 0.351 e. The summed E-state index contributed by atoms with van der Waals surface area (Å²) in [6.45, 7) is 1.79. The molecule has 0 saturated heterocycles. The molecule has 0 N–H and O–H groups in total. The molecule has 132 valence electrons. The van der Waals surface area contributed by atoms with Gasteiger partial charge in [-0.3, -0.25) is 0 Å². The van der Waals surface area contributed by atoms with Crippen LogP contribution in [0.1, 0.15) is 27.6 Å². The standard InChI is InChI=1S/C19H13ClO6/c1-2-24-18(22)15-9-12-5-8-14(10-16(12)26-19(15)23)25-17(21)11-3-6-13(20)7-4-11/h3-10H,2H2,1H3. The van der Waals surface area contributed by atoms with Crippen LogP contribution >= 0.6 is 11.6 Å². The molecule has 0 saturated carbocycles. The van der Waals surface area contributed by atoms with Crippen molar-refractivity contribution in [3.05, 3.63) is 75.1 Å². The molecule has 0 aliphatic rings. The van der Waals surface area contributed by atoms with Crippen molar-refractivity contribution in [2.75, 3.05) is 6.61 Å². The predicted octanol–water partition coefficient (Wildman–Crippen LogP) is 3.84. The Balaban J connectivity index is 1.88. The van der Waals surface area contributed by atoms with Gasteiger partial charge in [0.1, 0.15) is 16.9 Å². The predicted molar refractivity (Wildman–Crippen MR) is 94.9 cm³/mol. The zero-order chi connectivity index (χ0) is 18.7. The first kappa shape index (κ1) is 17.7. The SMILES string of the molecule is CCOC(=O)c1cc2ccc(OC(=O)c3ccc(Cl)cc3)cc2oc1=O. The van der Waals surface area contributed by atoms with Crippen LogP contribution in [0.3, 0.4) is 0 Å². The highest BCUT2D eigenvalue weighted by molar-refractivity contribution is 6.30. The summed E-state index contributed by atoms with van der Waals surface area (Å²) in [5.74, 6) is -1.13. The molecule has 3 rings (SSSR count). The highest BCUT2D eigenvalue weighted by atomic mass is 35.5. The Bertz CT molecular complexity index is 1040. The van der Waals surface area contributed by atoms with Crippen LogP contribution in [-0.2, 0) is 4.74 Å². The van der Waals surface area contributed by atoms with Crippen LogP contribution in [0.2, 0.25) is 5.02 Å². The van der Waals surface area contributed by atoms with Crippen LogP contribution in [0.4, 0.5) is 0 Å². The van der Waals surface area contributed by atoms with E-state index in [0.29, 0.717) is 16.0 Å². The van der Waals surface area contributed by atoms with Gasteiger partial charge in [-0.25, -0.2) is 14.4 Å². The lowest BCUT2D eigenvalue weighted by molar-refractivity contribution is 0.0521. The van der Waals surface area contributed by atoms with Crippen molar-refractivity contribution < 1.29 is 23.5 Å². The first-order valence-electron chi connectivity index (χ1n) is 7.70. The lowest BCUT2D eigenvalue weighted by Crippen LogP contribution is -2.16. The number of hydrogen-bond acceptors (Lipinski definition) is 6. The molecule has 0 atom stereocenters. The highest BCUT2D eigenvalue weighted by Crippen LogP contribution is 2.22. The van der Waals surface area contributed by atoms with Gasteiger partial charge in [-0.05, 0) is 49.4 Å². The van der Waals surface area contributed by atoms with Gasteiger partial charge in [0, 0.05) is 16.5 Å². The van der Waals surface area contributed by atoms with Crippen LogP contribution in [0, 0.1) is 0 Å². The van der Waals surface area contributed by atoms with Crippen molar-refractivity contribution in [2.24, 2.45) is 0 Å². The van der Waals surface area contributed by atoms with E-state index in [0.717, 1.165) is 0 Å². The molecule has 3 aromatic rings. The molecule has 7 heteroatoms. The van der Waals surface area contributed by atoms with Crippen LogP contribution in [0.15, 0.2) is 57.7 Å². The second-order valence-corrected chi connectivity index (χ2v) is 5.70. The van der Waals surface area contributed by atoms with Crippen molar-refractivity contribution in [1.29, 1.82) is 0 Å². The van der Waals surface area contributed by atoms with E-state index in [9.17, 15) is 14.4 Å². The molecule has 26 heavy (non-hydrogen) atoms. The quantitative estimate of drug-likeness (QED) is 0.393. The average molecular weight is 373 g/mol. The second-order valence-electron chi connectivity index (χ2n) is 5.26. The summed E-state index contributed by atoms with van der Waals surface area (Å²) in [5.41, 5.74) is -0.500. The third-order valence-corrected chi connectivity index (χ3v) is 3.75. The van der Waals surface area contributed by atoms with Gasteiger partial charge in [-0.2, -0.15) is 0 Å². The second kappa shape index (κ2) is 7.41. The molecular formula is C19H13ClO6. The molecule has 0 bridgehead atoms. The molecule has 0 fully saturated rings. The molecule has 0 aliphatic carbocycles. The fourth-order valence-electron chi connectivity index (χ4n) is 2.26. The number of esters is 2. The average Bonchev–Trinajstić information content (AvgIpc) is 2.61. The molecule has 0 amide bonds. The van der Waals surface area contributed by atoms with Crippen LogP contribution in [0.25, 0.3) is 11.0 Å². The van der Waals surface area contributed by atoms with Gasteiger partial charge >= 0.3 is 17.6 Å². The van der Waals surface area contributed by atoms with Crippen LogP contribution < -0.4 is 10.4 Å². The normalized spacial score (nSPS) is 10.5. The number of fused-ring (bicyclic) bond motifs is 1. The number of benzene rings is 2. The minimum absolute atomic E-state index is 0.149. The Hall–Kier alpha value is -3.12. The molecule has 6 nitrogen and oxygen atoms in total. The summed E-state index contributed by atoms with van der Waals surface area (Å²) in [6.07, 6.45) is 0. The number of carbonyl (C=O) groups excluding carboxylic acids is 2. The Morgan fingerprint density at radius 2 is 1.77 bits per heavy atom. The third-order valence-electron chi connectivity index (χ3n) is 3.49. The Morgan fingerprint density at radius 1 is 1.04 bits per heavy atom. The van der Waals surface area contributed by atoms with Crippen molar-refractivity contribution in [3.8, 4) is 5.75 Å². The summed E-state index contributed by atoms with van der Waals surface area (Å²) in [6, 6.07) is 12.1. The minimum Gasteiger partial charge on any atom is -0.462 e. The molecule has 0 radical (unpaired) electrons. The van der Waals surface area contributed by atoms with Gasteiger partial charge in [-0.1, -0.05) is 11.6 Å². The number of rotatable bonds is 4. The molecule has 0 aliphatic heterocycles. The lowest BCUT2D eigenvalue weighted by Gasteiger charge is -2.06. The maximum absolute atomic E-state index is 12.1. The lowest BCUT2D eigenvalue weighted by atomic mass is 10.2. The number of ether oxygens (including phenoxy) is 2. The maximum Gasteiger partial charge on any atom is 0.351 e. The summed E-state index contributed by atoms with van der Waals surface area (Å²) < 4.78 is 15.2. The van der Waals surface area contributed by atoms with E-state index in [2.05, 4.69) is 0 Å². The molecule has 0 spiro atoms. The first-order chi connectivity index (χ1) is 12.5. The minimum atomic E-state index is -0.822. The monoisotopic (exact) mass is 372 g/mol. The summed E-state index contributed by atoms with van der Waals surface area (Å²) in [5, 5.41) is 1.00. The maximum atomic E-state index is 12.1. The van der Waals surface area contributed by atoms with Gasteiger partial charge < -0.3 is 13.9 Å². The van der Waals surface area contributed by atoms with Crippen molar-refractivity contribution in [1.82, 2.24) is 0 Å². The fraction of sp³-hybridized carbons (Fsp3) is 0.105. The van der Waals surface area contributed by atoms with Gasteiger partial charge in [0.2, 0.25) is 0 Å². The van der Waals surface area contributed by atoms with E-state index >= 15 is 0 Å². The van der Waals surface area contributed by atoms with Gasteiger partial charge in [-0.15, -0.1) is 0 Å². The van der Waals surface area contributed by atoms with Gasteiger partial charge in [0.15, 0.2) is 0 Å². The topological polar surface area (TPSA) is 82.8 Å². The molecule has 2 aromatic carbocycles. The van der Waals surface area contributed by atoms with Gasteiger partial charge in [0.25, 0.3) is 0 Å². The summed E-state index contributed by atoms with van der Waals surface area (Å²) in [4.78, 5) is 35.8. The van der Waals surface area contributed by atoms with Crippen molar-refractivity contribution in [3.63, 3.8) is 0 Å². The summed E-state index contributed by atoms with van der Waals surface area (Å²) >= 11 is 5.78. The van der Waals surface area contributed by atoms with Gasteiger partial charge in [0.05, 0.1) is 12.2 Å². The van der Waals surface area contributed by atoms with E-state index in [1.807, 2.05) is 0 Å². The number of halogens is 1. The Morgan fingerprint density at radius 3 is 2.46 bits per heavy atom. The van der Waals surface area contributed by atoms with E-state index in [1.54, 1.807) is 25.1 Å². The fourth-order valence-corrected chi connectivity index (χ4v) is 2.38. The van der Waals surface area contributed by atoms with Crippen LogP contribution in [0.5, 0.6) is 5.75 Å². The number of carbonyl (C=O) groups is 2. The molecule has 0 unspecified atom stereocenters. The Labute approximate surface area is 152 Å². The number of hydrogen-bond donors (Lipinski definition) is 0. The largest absolute Gasteiger partial charge is 0.462 e. The highest BCUT2D eigenvalue weighted by Gasteiger charge is 2.16. The van der Waals surface area contributed by atoms with Crippen molar-refractivity contribution >= 4 is 34.5 Å². The molecule has 1 heterocycles. The Kier molecular flexibility index (Phi) is 5.04. The van der Waals surface area contributed by atoms with Crippen LogP contribution in [-0.4, -0.2) is 18.5 Å². The van der Waals surface area contributed by atoms with E-state index in [1.165, 1.54) is 30.3 Å². The third kappa shape index (κ3) is 3.75. The zero-order valence-electron chi connectivity index (χ0n) is 13.7. The first-order valence-corrected chi connectivity index (χ1v) is 8.08. The molecular weight excluding hydrogens is 360 g/mol. The van der Waals surface area contributed by atoms with E-state index in [4.69, 9.17) is 25.5 Å². The summed E-state index contributed by atoms with van der Waals surface area (Å²) in [7, 11) is 0. The molecule has 1 aromatic heterocycles. The van der Waals surface area contributed by atoms with Crippen molar-refractivity contribution in [2.45, 2.75) is 6.92 Å².